The molecule has 1 aromatic carbocycles. The van der Waals surface area contributed by atoms with Crippen molar-refractivity contribution in [1.82, 2.24) is 5.16 Å². The summed E-state index contributed by atoms with van der Waals surface area (Å²) in [5.41, 5.74) is 1.78. The second-order valence-corrected chi connectivity index (χ2v) is 4.34. The van der Waals surface area contributed by atoms with E-state index in [0.29, 0.717) is 22.6 Å². The number of carbonyl (C=O) groups is 1. The van der Waals surface area contributed by atoms with E-state index in [1.54, 1.807) is 13.2 Å². The second kappa shape index (κ2) is 4.41. The highest BCUT2D eigenvalue weighted by Gasteiger charge is 2.15. The molecule has 0 aliphatic heterocycles. The minimum atomic E-state index is -1.16. The van der Waals surface area contributed by atoms with Crippen molar-refractivity contribution in [1.29, 1.82) is 0 Å². The van der Waals surface area contributed by atoms with Gasteiger partial charge in [-0.3, -0.25) is 0 Å². The lowest BCUT2D eigenvalue weighted by Crippen LogP contribution is -1.91. The molecule has 0 aliphatic rings. The standard InChI is InChI=1S/C14H11NO5/c1-7-3-9-4-8(5-11(18-2)13(9)19-7)10-6-12(14(16)17)20-15-10/h3-6H,1-2H3,(H,16,17). The molecule has 0 radical (unpaired) electrons. The largest absolute Gasteiger partial charge is 0.493 e. The molecule has 2 aromatic heterocycles. The summed E-state index contributed by atoms with van der Waals surface area (Å²) in [4.78, 5) is 10.8. The van der Waals surface area contributed by atoms with Crippen molar-refractivity contribution >= 4 is 16.9 Å². The third-order valence-corrected chi connectivity index (χ3v) is 2.94. The Balaban J connectivity index is 2.17. The zero-order valence-corrected chi connectivity index (χ0v) is 10.8. The number of benzene rings is 1. The number of ether oxygens (including phenoxy) is 1. The van der Waals surface area contributed by atoms with Crippen LogP contribution in [-0.2, 0) is 0 Å². The summed E-state index contributed by atoms with van der Waals surface area (Å²) in [6.45, 7) is 1.84. The highest BCUT2D eigenvalue weighted by atomic mass is 16.5. The Morgan fingerprint density at radius 1 is 1.30 bits per heavy atom. The predicted octanol–water partition coefficient (Wildman–Crippen LogP) is 3.10. The van der Waals surface area contributed by atoms with Gasteiger partial charge in [0.15, 0.2) is 11.3 Å². The van der Waals surface area contributed by atoms with Crippen molar-refractivity contribution < 1.29 is 23.6 Å². The Bertz CT molecular complexity index is 799. The summed E-state index contributed by atoms with van der Waals surface area (Å²) < 4.78 is 15.6. The first-order valence-corrected chi connectivity index (χ1v) is 5.87. The molecule has 0 amide bonds. The minimum absolute atomic E-state index is 0.206. The maximum Gasteiger partial charge on any atom is 0.374 e. The molecule has 3 aromatic rings. The quantitative estimate of drug-likeness (QED) is 0.789. The molecular formula is C14H11NO5. The van der Waals surface area contributed by atoms with Crippen LogP contribution in [0.5, 0.6) is 5.75 Å². The zero-order valence-electron chi connectivity index (χ0n) is 10.8. The summed E-state index contributed by atoms with van der Waals surface area (Å²) in [7, 11) is 1.54. The third kappa shape index (κ3) is 1.91. The highest BCUT2D eigenvalue weighted by molar-refractivity contribution is 5.90. The summed E-state index contributed by atoms with van der Waals surface area (Å²) in [5.74, 6) is -0.0364. The van der Waals surface area contributed by atoms with Crippen molar-refractivity contribution in [3.05, 3.63) is 35.8 Å². The van der Waals surface area contributed by atoms with Crippen molar-refractivity contribution in [3.63, 3.8) is 0 Å². The fourth-order valence-electron chi connectivity index (χ4n) is 2.06. The van der Waals surface area contributed by atoms with Crippen LogP contribution in [0.15, 0.2) is 33.2 Å². The average Bonchev–Trinajstić information content (AvgIpc) is 3.02. The lowest BCUT2D eigenvalue weighted by atomic mass is 10.1. The number of nitrogens with zero attached hydrogens (tertiary/aromatic N) is 1. The molecule has 3 rings (SSSR count). The van der Waals surface area contributed by atoms with Gasteiger partial charge < -0.3 is 18.8 Å². The molecule has 6 heteroatoms. The van der Waals surface area contributed by atoms with Crippen LogP contribution in [0.25, 0.3) is 22.2 Å². The molecule has 2 heterocycles. The molecule has 0 saturated carbocycles. The van der Waals surface area contributed by atoms with Gasteiger partial charge in [0.2, 0.25) is 5.76 Å². The molecule has 0 aliphatic carbocycles. The number of rotatable bonds is 3. The summed E-state index contributed by atoms with van der Waals surface area (Å²) in [6.07, 6.45) is 0. The van der Waals surface area contributed by atoms with Crippen LogP contribution in [0.3, 0.4) is 0 Å². The number of aromatic carboxylic acids is 1. The number of fused-ring (bicyclic) bond motifs is 1. The average molecular weight is 273 g/mol. The van der Waals surface area contributed by atoms with E-state index in [2.05, 4.69) is 5.16 Å². The van der Waals surface area contributed by atoms with Crippen LogP contribution in [0.1, 0.15) is 16.3 Å². The number of carboxylic acid groups (broad SMARTS) is 1. The number of aryl methyl sites for hydroxylation is 1. The van der Waals surface area contributed by atoms with Gasteiger partial charge in [-0.25, -0.2) is 4.79 Å². The Morgan fingerprint density at radius 2 is 2.10 bits per heavy atom. The van der Waals surface area contributed by atoms with E-state index >= 15 is 0 Å². The molecule has 0 unspecified atom stereocenters. The third-order valence-electron chi connectivity index (χ3n) is 2.94. The number of carboxylic acids is 1. The maximum absolute atomic E-state index is 10.8. The molecule has 0 spiro atoms. The first-order valence-electron chi connectivity index (χ1n) is 5.87. The molecule has 102 valence electrons. The summed E-state index contributed by atoms with van der Waals surface area (Å²) in [6, 6.07) is 6.82. The minimum Gasteiger partial charge on any atom is -0.493 e. The van der Waals surface area contributed by atoms with E-state index in [4.69, 9.17) is 18.8 Å². The topological polar surface area (TPSA) is 85.7 Å². The van der Waals surface area contributed by atoms with E-state index in [9.17, 15) is 4.79 Å². The van der Waals surface area contributed by atoms with Crippen LogP contribution < -0.4 is 4.74 Å². The number of hydrogen-bond acceptors (Lipinski definition) is 5. The summed E-state index contributed by atoms with van der Waals surface area (Å²) >= 11 is 0. The van der Waals surface area contributed by atoms with E-state index in [-0.39, 0.29) is 5.76 Å². The van der Waals surface area contributed by atoms with Gasteiger partial charge in [0.05, 0.1) is 7.11 Å². The van der Waals surface area contributed by atoms with Crippen molar-refractivity contribution in [2.75, 3.05) is 7.11 Å². The smallest absolute Gasteiger partial charge is 0.374 e. The number of aromatic nitrogens is 1. The molecule has 20 heavy (non-hydrogen) atoms. The van der Waals surface area contributed by atoms with E-state index < -0.39 is 5.97 Å². The lowest BCUT2D eigenvalue weighted by Gasteiger charge is -2.03. The van der Waals surface area contributed by atoms with Gasteiger partial charge in [0, 0.05) is 17.0 Å². The highest BCUT2D eigenvalue weighted by Crippen LogP contribution is 2.34. The first-order chi connectivity index (χ1) is 9.58. The first kappa shape index (κ1) is 12.3. The van der Waals surface area contributed by atoms with Crippen LogP contribution in [-0.4, -0.2) is 23.3 Å². The molecule has 0 fully saturated rings. The molecule has 0 saturated heterocycles. The van der Waals surface area contributed by atoms with Crippen LogP contribution in [0, 0.1) is 6.92 Å². The fourth-order valence-corrected chi connectivity index (χ4v) is 2.06. The molecule has 6 nitrogen and oxygen atoms in total. The van der Waals surface area contributed by atoms with Crippen molar-refractivity contribution in [3.8, 4) is 17.0 Å². The number of furan rings is 1. The Morgan fingerprint density at radius 3 is 2.75 bits per heavy atom. The molecule has 0 atom stereocenters. The van der Waals surface area contributed by atoms with Crippen molar-refractivity contribution in [2.24, 2.45) is 0 Å². The van der Waals surface area contributed by atoms with E-state index in [1.807, 2.05) is 19.1 Å². The maximum atomic E-state index is 10.8. The number of hydrogen-bond donors (Lipinski definition) is 1. The van der Waals surface area contributed by atoms with Gasteiger partial charge in [0.1, 0.15) is 11.5 Å². The van der Waals surface area contributed by atoms with Gasteiger partial charge in [0.25, 0.3) is 0 Å². The normalized spacial score (nSPS) is 10.9. The Hall–Kier alpha value is -2.76. The lowest BCUT2D eigenvalue weighted by molar-refractivity contribution is 0.0652. The zero-order chi connectivity index (χ0) is 14.3. The Labute approximate surface area is 113 Å². The SMILES string of the molecule is COc1cc(-c2cc(C(=O)O)on2)cc2cc(C)oc12. The predicted molar refractivity (Wildman–Crippen MR) is 70.0 cm³/mol. The van der Waals surface area contributed by atoms with Gasteiger partial charge in [-0.05, 0) is 25.1 Å². The van der Waals surface area contributed by atoms with Crippen LogP contribution in [0.2, 0.25) is 0 Å². The number of methoxy groups -OCH3 is 1. The second-order valence-electron chi connectivity index (χ2n) is 4.34. The van der Waals surface area contributed by atoms with Gasteiger partial charge in [-0.1, -0.05) is 5.16 Å². The molecule has 0 bridgehead atoms. The molecular weight excluding hydrogens is 262 g/mol. The van der Waals surface area contributed by atoms with Gasteiger partial charge in [-0.2, -0.15) is 0 Å². The fraction of sp³-hybridized carbons (Fsp3) is 0.143. The monoisotopic (exact) mass is 273 g/mol. The summed E-state index contributed by atoms with van der Waals surface area (Å²) in [5, 5.41) is 13.5. The van der Waals surface area contributed by atoms with Crippen LogP contribution >= 0.6 is 0 Å². The molecule has 1 N–H and O–H groups in total. The van der Waals surface area contributed by atoms with E-state index in [1.165, 1.54) is 6.07 Å². The van der Waals surface area contributed by atoms with Crippen LogP contribution in [0.4, 0.5) is 0 Å². The van der Waals surface area contributed by atoms with Crippen molar-refractivity contribution in [2.45, 2.75) is 6.92 Å². The van der Waals surface area contributed by atoms with E-state index in [0.717, 1.165) is 11.1 Å². The Kier molecular flexibility index (Phi) is 2.71. The van der Waals surface area contributed by atoms with Gasteiger partial charge >= 0.3 is 5.97 Å². The van der Waals surface area contributed by atoms with Gasteiger partial charge in [-0.15, -0.1) is 0 Å².